The van der Waals surface area contributed by atoms with Crippen molar-refractivity contribution in [2.24, 2.45) is 5.73 Å². The predicted octanol–water partition coefficient (Wildman–Crippen LogP) is 1.30. The van der Waals surface area contributed by atoms with Crippen LogP contribution in [0.4, 0.5) is 0 Å². The van der Waals surface area contributed by atoms with Gasteiger partial charge in [-0.25, -0.2) is 4.98 Å². The van der Waals surface area contributed by atoms with Crippen molar-refractivity contribution < 1.29 is 9.90 Å². The third-order valence-electron chi connectivity index (χ3n) is 2.14. The molecule has 0 saturated carbocycles. The first kappa shape index (κ1) is 9.95. The topological polar surface area (TPSA) is 92.0 Å². The first-order valence-corrected chi connectivity index (χ1v) is 4.58. The number of carboxylic acid groups (broad SMARTS) is 1. The third kappa shape index (κ3) is 1.67. The van der Waals surface area contributed by atoms with Crippen LogP contribution in [-0.4, -0.2) is 21.0 Å². The number of nitrogens with two attached hydrogens (primary N) is 1. The van der Waals surface area contributed by atoms with Gasteiger partial charge in [0.2, 0.25) is 0 Å². The van der Waals surface area contributed by atoms with Crippen LogP contribution in [0.25, 0.3) is 11.0 Å². The van der Waals surface area contributed by atoms with E-state index in [4.69, 9.17) is 22.4 Å². The zero-order valence-corrected chi connectivity index (χ0v) is 8.32. The van der Waals surface area contributed by atoms with Gasteiger partial charge in [-0.2, -0.15) is 0 Å². The summed E-state index contributed by atoms with van der Waals surface area (Å²) in [5.41, 5.74) is 7.25. The van der Waals surface area contributed by atoms with E-state index in [0.29, 0.717) is 21.6 Å². The molecule has 0 radical (unpaired) electrons. The van der Waals surface area contributed by atoms with E-state index >= 15 is 0 Å². The Labute approximate surface area is 89.9 Å². The van der Waals surface area contributed by atoms with Gasteiger partial charge in [0.05, 0.1) is 17.4 Å². The molecule has 0 amide bonds. The number of rotatable bonds is 2. The van der Waals surface area contributed by atoms with E-state index in [0.717, 1.165) is 0 Å². The molecule has 1 heterocycles. The minimum atomic E-state index is -1.12. The average Bonchev–Trinajstić information content (AvgIpc) is 2.62. The van der Waals surface area contributed by atoms with Crippen molar-refractivity contribution in [1.29, 1.82) is 0 Å². The Morgan fingerprint density at radius 3 is 3.00 bits per heavy atom. The van der Waals surface area contributed by atoms with Crippen LogP contribution in [0.15, 0.2) is 18.5 Å². The summed E-state index contributed by atoms with van der Waals surface area (Å²) < 4.78 is 0. The lowest BCUT2D eigenvalue weighted by molar-refractivity contribution is -0.138. The molecule has 15 heavy (non-hydrogen) atoms. The molecule has 6 heteroatoms. The molecule has 0 aliphatic heterocycles. The highest BCUT2D eigenvalue weighted by molar-refractivity contribution is 6.32. The number of aromatic nitrogens is 2. The molecule has 1 aromatic carbocycles. The number of benzene rings is 1. The van der Waals surface area contributed by atoms with Crippen molar-refractivity contribution in [3.05, 3.63) is 29.0 Å². The normalized spacial score (nSPS) is 12.9. The minimum absolute atomic E-state index is 0.310. The van der Waals surface area contributed by atoms with Crippen molar-refractivity contribution in [2.45, 2.75) is 6.04 Å². The van der Waals surface area contributed by atoms with Gasteiger partial charge in [0.25, 0.3) is 0 Å². The smallest absolute Gasteiger partial charge is 0.325 e. The van der Waals surface area contributed by atoms with Crippen LogP contribution in [-0.2, 0) is 4.79 Å². The number of carboxylic acids is 1. The second-order valence-corrected chi connectivity index (χ2v) is 3.52. The van der Waals surface area contributed by atoms with Gasteiger partial charge in [0.1, 0.15) is 6.04 Å². The number of imidazole rings is 1. The number of nitrogens with zero attached hydrogens (tertiary/aromatic N) is 1. The molecule has 2 rings (SSSR count). The Morgan fingerprint density at radius 2 is 2.33 bits per heavy atom. The van der Waals surface area contributed by atoms with Gasteiger partial charge in [-0.3, -0.25) is 4.79 Å². The summed E-state index contributed by atoms with van der Waals surface area (Å²) in [4.78, 5) is 17.6. The van der Waals surface area contributed by atoms with E-state index in [1.165, 1.54) is 6.33 Å². The summed E-state index contributed by atoms with van der Waals surface area (Å²) in [6.45, 7) is 0. The number of hydrogen-bond donors (Lipinski definition) is 3. The summed E-state index contributed by atoms with van der Waals surface area (Å²) in [7, 11) is 0. The molecular formula is C9H8ClN3O2. The highest BCUT2D eigenvalue weighted by atomic mass is 35.5. The number of halogens is 1. The SMILES string of the molecule is NC(C(=O)O)c1cc2[nH]cnc2cc1Cl. The van der Waals surface area contributed by atoms with Crippen molar-refractivity contribution in [3.8, 4) is 0 Å². The lowest BCUT2D eigenvalue weighted by Crippen LogP contribution is -2.20. The molecule has 0 aliphatic carbocycles. The maximum atomic E-state index is 10.7. The van der Waals surface area contributed by atoms with Crippen LogP contribution >= 0.6 is 11.6 Å². The number of H-pyrrole nitrogens is 1. The average molecular weight is 226 g/mol. The maximum Gasteiger partial charge on any atom is 0.325 e. The molecule has 1 atom stereocenters. The molecule has 2 aromatic rings. The molecule has 0 fully saturated rings. The standard InChI is InChI=1S/C9H8ClN3O2/c10-5-2-7-6(12-3-13-7)1-4(5)8(11)9(14)15/h1-3,8H,11H2,(H,12,13)(H,14,15). The molecule has 1 unspecified atom stereocenters. The molecule has 1 aromatic heterocycles. The van der Waals surface area contributed by atoms with Crippen LogP contribution in [0.1, 0.15) is 11.6 Å². The molecule has 0 aliphatic rings. The minimum Gasteiger partial charge on any atom is -0.480 e. The van der Waals surface area contributed by atoms with Gasteiger partial charge < -0.3 is 15.8 Å². The van der Waals surface area contributed by atoms with E-state index in [2.05, 4.69) is 9.97 Å². The van der Waals surface area contributed by atoms with Crippen LogP contribution in [0.2, 0.25) is 5.02 Å². The van der Waals surface area contributed by atoms with Crippen molar-refractivity contribution in [2.75, 3.05) is 0 Å². The number of carbonyl (C=O) groups is 1. The fourth-order valence-electron chi connectivity index (χ4n) is 1.34. The summed E-state index contributed by atoms with van der Waals surface area (Å²) in [6, 6.07) is 2.07. The fraction of sp³-hybridized carbons (Fsp3) is 0.111. The fourth-order valence-corrected chi connectivity index (χ4v) is 1.62. The second-order valence-electron chi connectivity index (χ2n) is 3.11. The van der Waals surface area contributed by atoms with E-state index in [-0.39, 0.29) is 0 Å². The molecule has 78 valence electrons. The highest BCUT2D eigenvalue weighted by Crippen LogP contribution is 2.26. The Hall–Kier alpha value is -1.59. The number of fused-ring (bicyclic) bond motifs is 1. The molecule has 0 bridgehead atoms. The second kappa shape index (κ2) is 3.52. The third-order valence-corrected chi connectivity index (χ3v) is 2.47. The summed E-state index contributed by atoms with van der Waals surface area (Å²) in [6.07, 6.45) is 1.51. The lowest BCUT2D eigenvalue weighted by Gasteiger charge is -2.08. The predicted molar refractivity (Wildman–Crippen MR) is 55.7 cm³/mol. The monoisotopic (exact) mass is 225 g/mol. The Bertz CT molecular complexity index is 523. The summed E-state index contributed by atoms with van der Waals surface area (Å²) in [5.74, 6) is -1.12. The van der Waals surface area contributed by atoms with Crippen LogP contribution in [0.5, 0.6) is 0 Å². The van der Waals surface area contributed by atoms with Gasteiger partial charge in [0.15, 0.2) is 0 Å². The van der Waals surface area contributed by atoms with E-state index in [1.807, 2.05) is 0 Å². The zero-order valence-electron chi connectivity index (χ0n) is 7.57. The number of nitrogens with one attached hydrogen (secondary N) is 1. The van der Waals surface area contributed by atoms with E-state index < -0.39 is 12.0 Å². The van der Waals surface area contributed by atoms with Crippen molar-refractivity contribution in [3.63, 3.8) is 0 Å². The highest BCUT2D eigenvalue weighted by Gasteiger charge is 2.18. The van der Waals surface area contributed by atoms with Gasteiger partial charge in [-0.15, -0.1) is 0 Å². The first-order chi connectivity index (χ1) is 7.09. The molecular weight excluding hydrogens is 218 g/mol. The number of aliphatic carboxylic acids is 1. The van der Waals surface area contributed by atoms with Gasteiger partial charge in [-0.1, -0.05) is 11.6 Å². The van der Waals surface area contributed by atoms with Gasteiger partial charge in [0, 0.05) is 10.6 Å². The maximum absolute atomic E-state index is 10.7. The number of aromatic amines is 1. The van der Waals surface area contributed by atoms with Gasteiger partial charge >= 0.3 is 5.97 Å². The Morgan fingerprint density at radius 1 is 1.60 bits per heavy atom. The largest absolute Gasteiger partial charge is 0.480 e. The van der Waals surface area contributed by atoms with Crippen LogP contribution in [0.3, 0.4) is 0 Å². The lowest BCUT2D eigenvalue weighted by atomic mass is 10.1. The molecule has 0 spiro atoms. The van der Waals surface area contributed by atoms with Crippen LogP contribution < -0.4 is 5.73 Å². The van der Waals surface area contributed by atoms with E-state index in [9.17, 15) is 4.79 Å². The summed E-state index contributed by atoms with van der Waals surface area (Å²) in [5, 5.41) is 9.08. The molecule has 0 saturated heterocycles. The summed E-state index contributed by atoms with van der Waals surface area (Å²) >= 11 is 5.90. The quantitative estimate of drug-likeness (QED) is 0.718. The van der Waals surface area contributed by atoms with E-state index in [1.54, 1.807) is 12.1 Å². The number of hydrogen-bond acceptors (Lipinski definition) is 3. The van der Waals surface area contributed by atoms with Gasteiger partial charge in [-0.05, 0) is 12.1 Å². The Balaban J connectivity index is 2.59. The molecule has 4 N–H and O–H groups in total. The van der Waals surface area contributed by atoms with Crippen molar-refractivity contribution in [1.82, 2.24) is 9.97 Å². The first-order valence-electron chi connectivity index (χ1n) is 4.20. The van der Waals surface area contributed by atoms with Crippen LogP contribution in [0, 0.1) is 0 Å². The Kier molecular flexibility index (Phi) is 2.34. The zero-order chi connectivity index (χ0) is 11.0. The molecule has 5 nitrogen and oxygen atoms in total. The van der Waals surface area contributed by atoms with Crippen molar-refractivity contribution >= 4 is 28.6 Å².